The van der Waals surface area contributed by atoms with Crippen LogP contribution in [0.5, 0.6) is 0 Å². The third kappa shape index (κ3) is 3.79. The van der Waals surface area contributed by atoms with Gasteiger partial charge in [-0.2, -0.15) is 0 Å². The minimum Gasteiger partial charge on any atom is -0.348 e. The lowest BCUT2D eigenvalue weighted by Crippen LogP contribution is -2.34. The van der Waals surface area contributed by atoms with Crippen LogP contribution < -0.4 is 10.9 Å². The van der Waals surface area contributed by atoms with Gasteiger partial charge in [0.15, 0.2) is 0 Å². The second-order valence-electron chi connectivity index (χ2n) is 5.99. The third-order valence-corrected chi connectivity index (χ3v) is 4.59. The fraction of sp³-hybridized carbons (Fsp3) is 0.211. The van der Waals surface area contributed by atoms with Crippen molar-refractivity contribution in [1.29, 1.82) is 0 Å². The normalized spacial score (nSPS) is 12.1. The zero-order valence-corrected chi connectivity index (χ0v) is 15.6. The fourth-order valence-electron chi connectivity index (χ4n) is 2.75. The molecule has 1 N–H and O–H groups in total. The number of aromatic nitrogens is 2. The van der Waals surface area contributed by atoms with Crippen molar-refractivity contribution in [3.63, 3.8) is 0 Å². The summed E-state index contributed by atoms with van der Waals surface area (Å²) in [6, 6.07) is 13.1. The van der Waals surface area contributed by atoms with Gasteiger partial charge in [0.05, 0.1) is 23.3 Å². The summed E-state index contributed by atoms with van der Waals surface area (Å²) in [5, 5.41) is 3.43. The first-order valence-corrected chi connectivity index (χ1v) is 8.74. The molecule has 0 fully saturated rings. The van der Waals surface area contributed by atoms with Crippen molar-refractivity contribution in [1.82, 2.24) is 14.9 Å². The smallest absolute Gasteiger partial charge is 0.261 e. The average molecular weight is 400 g/mol. The molecule has 1 amide bonds. The first kappa shape index (κ1) is 17.4. The van der Waals surface area contributed by atoms with Crippen LogP contribution in [0.15, 0.2) is 58.1 Å². The van der Waals surface area contributed by atoms with Gasteiger partial charge in [0.1, 0.15) is 6.54 Å². The number of aryl methyl sites for hydroxylation is 1. The van der Waals surface area contributed by atoms with E-state index in [4.69, 9.17) is 0 Å². The first-order valence-electron chi connectivity index (χ1n) is 7.95. The summed E-state index contributed by atoms with van der Waals surface area (Å²) < 4.78 is 2.29. The Morgan fingerprint density at radius 2 is 2.04 bits per heavy atom. The summed E-state index contributed by atoms with van der Waals surface area (Å²) >= 11 is 3.42. The number of carbonyl (C=O) groups excluding carboxylic acids is 1. The number of fused-ring (bicyclic) bond motifs is 1. The number of halogens is 1. The lowest BCUT2D eigenvalue weighted by molar-refractivity contribution is -0.122. The number of amides is 1. The molecule has 0 radical (unpaired) electrons. The Kier molecular flexibility index (Phi) is 4.99. The number of benzene rings is 2. The van der Waals surface area contributed by atoms with E-state index in [0.717, 1.165) is 15.6 Å². The van der Waals surface area contributed by atoms with Crippen molar-refractivity contribution < 1.29 is 4.79 Å². The van der Waals surface area contributed by atoms with Crippen molar-refractivity contribution in [2.24, 2.45) is 0 Å². The molecule has 1 heterocycles. The van der Waals surface area contributed by atoms with Crippen LogP contribution in [0.1, 0.15) is 24.1 Å². The molecule has 2 aromatic carbocycles. The van der Waals surface area contributed by atoms with Gasteiger partial charge in [-0.15, -0.1) is 0 Å². The van der Waals surface area contributed by atoms with E-state index < -0.39 is 0 Å². The molecule has 5 nitrogen and oxygen atoms in total. The molecule has 0 saturated carbocycles. The van der Waals surface area contributed by atoms with Crippen LogP contribution in [-0.4, -0.2) is 15.5 Å². The number of hydrogen-bond donors (Lipinski definition) is 1. The molecule has 0 unspecified atom stereocenters. The molecule has 128 valence electrons. The Hall–Kier alpha value is -2.47. The van der Waals surface area contributed by atoms with Crippen LogP contribution in [0.2, 0.25) is 0 Å². The van der Waals surface area contributed by atoms with E-state index >= 15 is 0 Å². The van der Waals surface area contributed by atoms with Crippen LogP contribution in [0.25, 0.3) is 10.9 Å². The van der Waals surface area contributed by atoms with Gasteiger partial charge in [-0.05, 0) is 43.2 Å². The van der Waals surface area contributed by atoms with Crippen LogP contribution in [0.3, 0.4) is 0 Å². The Balaban J connectivity index is 1.78. The van der Waals surface area contributed by atoms with Crippen molar-refractivity contribution in [2.45, 2.75) is 26.4 Å². The summed E-state index contributed by atoms with van der Waals surface area (Å²) in [5.41, 5.74) is 2.39. The summed E-state index contributed by atoms with van der Waals surface area (Å²) in [6.07, 6.45) is 1.43. The topological polar surface area (TPSA) is 64.0 Å². The highest BCUT2D eigenvalue weighted by molar-refractivity contribution is 9.10. The molecule has 0 aliphatic carbocycles. The van der Waals surface area contributed by atoms with Gasteiger partial charge in [-0.1, -0.05) is 40.2 Å². The van der Waals surface area contributed by atoms with Gasteiger partial charge in [-0.25, -0.2) is 4.98 Å². The van der Waals surface area contributed by atoms with Gasteiger partial charge in [0.2, 0.25) is 5.91 Å². The molecule has 0 spiro atoms. The van der Waals surface area contributed by atoms with Gasteiger partial charge in [-0.3, -0.25) is 14.2 Å². The van der Waals surface area contributed by atoms with E-state index in [9.17, 15) is 9.59 Å². The van der Waals surface area contributed by atoms with Crippen molar-refractivity contribution in [3.05, 3.63) is 74.7 Å². The predicted octanol–water partition coefficient (Wildman–Crippen LogP) is 3.34. The average Bonchev–Trinajstić information content (AvgIpc) is 2.58. The zero-order chi connectivity index (χ0) is 18.0. The third-order valence-electron chi connectivity index (χ3n) is 4.10. The maximum atomic E-state index is 12.6. The number of nitrogens with one attached hydrogen (secondary N) is 1. The number of hydrogen-bond acceptors (Lipinski definition) is 3. The number of para-hydroxylation sites is 1. The number of rotatable bonds is 4. The number of nitrogens with zero attached hydrogens (tertiary/aromatic N) is 2. The maximum Gasteiger partial charge on any atom is 0.261 e. The van der Waals surface area contributed by atoms with Gasteiger partial charge >= 0.3 is 0 Å². The van der Waals surface area contributed by atoms with E-state index in [1.807, 2.05) is 50.2 Å². The molecule has 3 aromatic rings. The highest BCUT2D eigenvalue weighted by Crippen LogP contribution is 2.17. The molecule has 6 heteroatoms. The minimum atomic E-state index is -0.233. The summed E-state index contributed by atoms with van der Waals surface area (Å²) in [5.74, 6) is -0.233. The molecular formula is C19H18BrN3O2. The van der Waals surface area contributed by atoms with E-state index in [1.165, 1.54) is 10.9 Å². The molecular weight excluding hydrogens is 382 g/mol. The Morgan fingerprint density at radius 3 is 2.80 bits per heavy atom. The van der Waals surface area contributed by atoms with E-state index in [2.05, 4.69) is 26.2 Å². The second-order valence-corrected chi connectivity index (χ2v) is 6.91. The highest BCUT2D eigenvalue weighted by Gasteiger charge is 2.12. The number of carbonyl (C=O) groups is 1. The largest absolute Gasteiger partial charge is 0.348 e. The van der Waals surface area contributed by atoms with Crippen molar-refractivity contribution in [2.75, 3.05) is 0 Å². The molecule has 25 heavy (non-hydrogen) atoms. The molecule has 0 aliphatic rings. The quantitative estimate of drug-likeness (QED) is 0.731. The van der Waals surface area contributed by atoms with Gasteiger partial charge in [0, 0.05) is 4.47 Å². The summed E-state index contributed by atoms with van der Waals surface area (Å²) in [7, 11) is 0. The Morgan fingerprint density at radius 1 is 1.28 bits per heavy atom. The van der Waals surface area contributed by atoms with Crippen LogP contribution in [-0.2, 0) is 11.3 Å². The van der Waals surface area contributed by atoms with E-state index in [1.54, 1.807) is 6.07 Å². The summed E-state index contributed by atoms with van der Waals surface area (Å²) in [4.78, 5) is 29.2. The molecule has 0 saturated heterocycles. The SMILES string of the molecule is Cc1cccc2c(=O)n(CC(=O)N[C@@H](C)c3cccc(Br)c3)cnc12. The Labute approximate surface area is 153 Å². The zero-order valence-electron chi connectivity index (χ0n) is 14.0. The van der Waals surface area contributed by atoms with E-state index in [0.29, 0.717) is 10.9 Å². The van der Waals surface area contributed by atoms with E-state index in [-0.39, 0.29) is 24.1 Å². The molecule has 3 rings (SSSR count). The first-order chi connectivity index (χ1) is 12.0. The molecule has 1 atom stereocenters. The molecule has 0 aliphatic heterocycles. The van der Waals surface area contributed by atoms with Crippen LogP contribution >= 0.6 is 15.9 Å². The van der Waals surface area contributed by atoms with Crippen molar-refractivity contribution >= 4 is 32.7 Å². The standard InChI is InChI=1S/C19H18BrN3O2/c1-12-5-3-8-16-18(12)21-11-23(19(16)25)10-17(24)22-13(2)14-6-4-7-15(20)9-14/h3-9,11,13H,10H2,1-2H3,(H,22,24)/t13-/m0/s1. The lowest BCUT2D eigenvalue weighted by Gasteiger charge is -2.15. The van der Waals surface area contributed by atoms with Crippen LogP contribution in [0, 0.1) is 6.92 Å². The van der Waals surface area contributed by atoms with Gasteiger partial charge in [0.25, 0.3) is 5.56 Å². The second kappa shape index (κ2) is 7.19. The maximum absolute atomic E-state index is 12.6. The Bertz CT molecular complexity index is 997. The minimum absolute atomic E-state index is 0.0614. The fourth-order valence-corrected chi connectivity index (χ4v) is 3.17. The summed E-state index contributed by atoms with van der Waals surface area (Å²) in [6.45, 7) is 3.75. The van der Waals surface area contributed by atoms with Crippen molar-refractivity contribution in [3.8, 4) is 0 Å². The monoisotopic (exact) mass is 399 g/mol. The molecule has 1 aromatic heterocycles. The van der Waals surface area contributed by atoms with Gasteiger partial charge < -0.3 is 5.32 Å². The lowest BCUT2D eigenvalue weighted by atomic mass is 10.1. The predicted molar refractivity (Wildman–Crippen MR) is 101 cm³/mol. The highest BCUT2D eigenvalue weighted by atomic mass is 79.9. The molecule has 0 bridgehead atoms. The van der Waals surface area contributed by atoms with Crippen LogP contribution in [0.4, 0.5) is 0 Å².